The molecule has 1 N–H and O–H groups in total. The van der Waals surface area contributed by atoms with Gasteiger partial charge < -0.3 is 5.11 Å². The third kappa shape index (κ3) is 4.04. The molecule has 0 aliphatic carbocycles. The number of phenols is 1. The molecular formula is C17H30O. The molecule has 1 aromatic carbocycles. The topological polar surface area (TPSA) is 20.2 Å². The van der Waals surface area contributed by atoms with Crippen molar-refractivity contribution < 1.29 is 5.11 Å². The molecule has 1 nitrogen and oxygen atoms in total. The molecule has 104 valence electrons. The molecule has 0 saturated carbocycles. The highest BCUT2D eigenvalue weighted by Crippen LogP contribution is 2.37. The van der Waals surface area contributed by atoms with Crippen molar-refractivity contribution in [3.63, 3.8) is 0 Å². The molecule has 0 aromatic heterocycles. The average molecular weight is 250 g/mol. The highest BCUT2D eigenvalue weighted by atomic mass is 16.3. The Bertz CT molecular complexity index is 389. The minimum absolute atomic E-state index is 0.0178. The molecule has 18 heavy (non-hydrogen) atoms. The zero-order chi connectivity index (χ0) is 14.7. The zero-order valence-electron chi connectivity index (χ0n) is 13.6. The van der Waals surface area contributed by atoms with Crippen LogP contribution in [0.2, 0.25) is 0 Å². The van der Waals surface area contributed by atoms with Crippen LogP contribution < -0.4 is 0 Å². The molecule has 0 heterocycles. The molecule has 0 aliphatic rings. The third-order valence-electron chi connectivity index (χ3n) is 2.97. The van der Waals surface area contributed by atoms with Crippen molar-refractivity contribution in [3.8, 4) is 5.75 Å². The van der Waals surface area contributed by atoms with Gasteiger partial charge in [-0.3, -0.25) is 0 Å². The predicted octanol–water partition coefficient (Wildman–Crippen LogP) is 5.32. The van der Waals surface area contributed by atoms with Crippen LogP contribution in [0, 0.1) is 6.92 Å². The van der Waals surface area contributed by atoms with Gasteiger partial charge in [0.25, 0.3) is 0 Å². The fourth-order valence-corrected chi connectivity index (χ4v) is 1.78. The number of phenolic OH excluding ortho intramolecular Hbond substituents is 1. The van der Waals surface area contributed by atoms with Crippen LogP contribution in [0.15, 0.2) is 12.1 Å². The first kappa shape index (κ1) is 17.0. The van der Waals surface area contributed by atoms with E-state index in [0.29, 0.717) is 5.75 Å². The van der Waals surface area contributed by atoms with Gasteiger partial charge in [0.2, 0.25) is 0 Å². The van der Waals surface area contributed by atoms with Crippen molar-refractivity contribution in [1.29, 1.82) is 0 Å². The Kier molecular flexibility index (Phi) is 5.46. The second-order valence-corrected chi connectivity index (χ2v) is 6.69. The van der Waals surface area contributed by atoms with Crippen LogP contribution in [0.1, 0.15) is 72.1 Å². The van der Waals surface area contributed by atoms with Crippen LogP contribution in [0.4, 0.5) is 0 Å². The molecule has 1 rings (SSSR count). The summed E-state index contributed by atoms with van der Waals surface area (Å²) in [6.07, 6.45) is 0. The smallest absolute Gasteiger partial charge is 0.122 e. The van der Waals surface area contributed by atoms with Crippen molar-refractivity contribution in [2.75, 3.05) is 0 Å². The van der Waals surface area contributed by atoms with Gasteiger partial charge in [0, 0.05) is 0 Å². The van der Waals surface area contributed by atoms with E-state index in [-0.39, 0.29) is 10.8 Å². The lowest BCUT2D eigenvalue weighted by Crippen LogP contribution is -2.17. The van der Waals surface area contributed by atoms with Crippen molar-refractivity contribution in [2.24, 2.45) is 0 Å². The molecule has 0 spiro atoms. The summed E-state index contributed by atoms with van der Waals surface area (Å²) in [5, 5.41) is 10.1. The maximum absolute atomic E-state index is 10.1. The van der Waals surface area contributed by atoms with E-state index in [2.05, 4.69) is 53.7 Å². The fourth-order valence-electron chi connectivity index (χ4n) is 1.78. The monoisotopic (exact) mass is 250 g/mol. The molecule has 0 unspecified atom stereocenters. The first-order valence-electron chi connectivity index (χ1n) is 6.88. The Balaban J connectivity index is 0.00000137. The van der Waals surface area contributed by atoms with Gasteiger partial charge in [0.05, 0.1) is 0 Å². The van der Waals surface area contributed by atoms with E-state index < -0.39 is 0 Å². The Morgan fingerprint density at radius 2 is 1.28 bits per heavy atom. The van der Waals surface area contributed by atoms with Gasteiger partial charge in [0.1, 0.15) is 5.75 Å². The van der Waals surface area contributed by atoms with Gasteiger partial charge in [-0.25, -0.2) is 0 Å². The van der Waals surface area contributed by atoms with E-state index >= 15 is 0 Å². The van der Waals surface area contributed by atoms with Crippen molar-refractivity contribution >= 4 is 0 Å². The normalized spacial score (nSPS) is 11.8. The van der Waals surface area contributed by atoms with Crippen molar-refractivity contribution in [2.45, 2.75) is 73.1 Å². The van der Waals surface area contributed by atoms with Crippen molar-refractivity contribution in [3.05, 3.63) is 28.8 Å². The van der Waals surface area contributed by atoms with Crippen LogP contribution in [0.25, 0.3) is 0 Å². The summed E-state index contributed by atoms with van der Waals surface area (Å²) in [5.74, 6) is 0.445. The summed E-state index contributed by atoms with van der Waals surface area (Å²) in [6, 6.07) is 4.23. The Labute approximate surface area is 113 Å². The Hall–Kier alpha value is -0.980. The largest absolute Gasteiger partial charge is 0.507 e. The summed E-state index contributed by atoms with van der Waals surface area (Å²) in [7, 11) is 0. The van der Waals surface area contributed by atoms with Crippen LogP contribution in [-0.2, 0) is 10.8 Å². The molecular weight excluding hydrogens is 220 g/mol. The van der Waals surface area contributed by atoms with Crippen LogP contribution >= 0.6 is 0 Å². The zero-order valence-corrected chi connectivity index (χ0v) is 13.6. The van der Waals surface area contributed by atoms with Crippen molar-refractivity contribution in [1.82, 2.24) is 0 Å². The van der Waals surface area contributed by atoms with Gasteiger partial charge >= 0.3 is 0 Å². The van der Waals surface area contributed by atoms with E-state index in [4.69, 9.17) is 0 Å². The average Bonchev–Trinajstić information content (AvgIpc) is 2.21. The van der Waals surface area contributed by atoms with Gasteiger partial charge in [0.15, 0.2) is 0 Å². The summed E-state index contributed by atoms with van der Waals surface area (Å²) >= 11 is 0. The first-order valence-corrected chi connectivity index (χ1v) is 6.88. The standard InChI is InChI=1S/C15H24O.C2H6/c1-10-8-11(14(2,3)4)9-12(13(10)16)15(5,6)7;1-2/h8-9,16H,1-7H3;1-2H3. The van der Waals surface area contributed by atoms with Crippen LogP contribution in [0.5, 0.6) is 5.75 Å². The van der Waals surface area contributed by atoms with Crippen LogP contribution in [-0.4, -0.2) is 5.11 Å². The lowest BCUT2D eigenvalue weighted by atomic mass is 9.79. The van der Waals surface area contributed by atoms with Gasteiger partial charge in [-0.1, -0.05) is 67.5 Å². The highest BCUT2D eigenvalue weighted by molar-refractivity contribution is 5.47. The van der Waals surface area contributed by atoms with Gasteiger partial charge in [-0.2, -0.15) is 0 Å². The highest BCUT2D eigenvalue weighted by Gasteiger charge is 2.23. The lowest BCUT2D eigenvalue weighted by molar-refractivity contribution is 0.440. The second-order valence-electron chi connectivity index (χ2n) is 6.69. The van der Waals surface area contributed by atoms with Gasteiger partial charge in [-0.15, -0.1) is 0 Å². The first-order chi connectivity index (χ1) is 8.03. The summed E-state index contributed by atoms with van der Waals surface area (Å²) in [6.45, 7) is 19.0. The number of hydrogen-bond donors (Lipinski definition) is 1. The van der Waals surface area contributed by atoms with E-state index in [1.54, 1.807) is 0 Å². The summed E-state index contributed by atoms with van der Waals surface area (Å²) in [4.78, 5) is 0. The Morgan fingerprint density at radius 1 is 0.833 bits per heavy atom. The number of benzene rings is 1. The molecule has 0 amide bonds. The predicted molar refractivity (Wildman–Crippen MR) is 81.6 cm³/mol. The molecule has 0 saturated heterocycles. The molecule has 0 bridgehead atoms. The summed E-state index contributed by atoms with van der Waals surface area (Å²) in [5.41, 5.74) is 3.40. The quantitative estimate of drug-likeness (QED) is 0.660. The van der Waals surface area contributed by atoms with Crippen LogP contribution in [0.3, 0.4) is 0 Å². The molecule has 0 atom stereocenters. The molecule has 0 radical (unpaired) electrons. The number of hydrogen-bond acceptors (Lipinski definition) is 1. The van der Waals surface area contributed by atoms with E-state index in [1.807, 2.05) is 20.8 Å². The number of aryl methyl sites for hydroxylation is 1. The third-order valence-corrected chi connectivity index (χ3v) is 2.97. The van der Waals surface area contributed by atoms with E-state index in [1.165, 1.54) is 5.56 Å². The molecule has 1 heteroatoms. The summed E-state index contributed by atoms with van der Waals surface area (Å²) < 4.78 is 0. The maximum atomic E-state index is 10.1. The van der Waals surface area contributed by atoms with E-state index in [0.717, 1.165) is 11.1 Å². The van der Waals surface area contributed by atoms with E-state index in [9.17, 15) is 5.11 Å². The molecule has 0 aliphatic heterocycles. The number of rotatable bonds is 0. The Morgan fingerprint density at radius 3 is 1.61 bits per heavy atom. The minimum Gasteiger partial charge on any atom is -0.507 e. The van der Waals surface area contributed by atoms with Gasteiger partial charge in [-0.05, 0) is 34.4 Å². The SMILES string of the molecule is CC.Cc1cc(C(C)(C)C)cc(C(C)(C)C)c1O. The fraction of sp³-hybridized carbons (Fsp3) is 0.647. The second kappa shape index (κ2) is 5.77. The molecule has 1 aromatic rings. The number of aromatic hydroxyl groups is 1. The maximum Gasteiger partial charge on any atom is 0.122 e. The minimum atomic E-state index is -0.0178. The lowest BCUT2D eigenvalue weighted by Gasteiger charge is -2.26. The molecule has 0 fully saturated rings.